The highest BCUT2D eigenvalue weighted by Crippen LogP contribution is 2.29. The number of esters is 1. The van der Waals surface area contributed by atoms with Gasteiger partial charge in [0, 0.05) is 6.42 Å². The van der Waals surface area contributed by atoms with Gasteiger partial charge < -0.3 is 20.5 Å². The molecule has 7 heteroatoms. The molecular formula is C30H44N2O5. The molecule has 0 unspecified atom stereocenters. The van der Waals surface area contributed by atoms with Gasteiger partial charge in [-0.2, -0.15) is 0 Å². The number of cyclic esters (lactones) is 1. The molecule has 1 aliphatic heterocycles. The van der Waals surface area contributed by atoms with Crippen molar-refractivity contribution < 1.29 is 24.2 Å². The van der Waals surface area contributed by atoms with Crippen molar-refractivity contribution in [3.63, 3.8) is 0 Å². The Bertz CT molecular complexity index is 908. The highest BCUT2D eigenvalue weighted by molar-refractivity contribution is 5.86. The molecular weight excluding hydrogens is 468 g/mol. The van der Waals surface area contributed by atoms with Gasteiger partial charge in [-0.15, -0.1) is 0 Å². The maximum absolute atomic E-state index is 13.3. The van der Waals surface area contributed by atoms with E-state index >= 15 is 0 Å². The van der Waals surface area contributed by atoms with Crippen molar-refractivity contribution in [1.82, 2.24) is 10.6 Å². The number of benzene rings is 1. The van der Waals surface area contributed by atoms with Crippen LogP contribution in [0.15, 0.2) is 42.5 Å². The van der Waals surface area contributed by atoms with Gasteiger partial charge in [0.25, 0.3) is 0 Å². The van der Waals surface area contributed by atoms with Crippen molar-refractivity contribution in [3.05, 3.63) is 48.0 Å². The summed E-state index contributed by atoms with van der Waals surface area (Å²) in [6.45, 7) is 3.99. The maximum atomic E-state index is 13.3. The van der Waals surface area contributed by atoms with Crippen LogP contribution in [0.1, 0.15) is 77.2 Å². The number of rotatable bonds is 7. The maximum Gasteiger partial charge on any atom is 0.309 e. The Kier molecular flexibility index (Phi) is 11.2. The molecule has 3 rings (SSSR count). The van der Waals surface area contributed by atoms with Crippen molar-refractivity contribution in [2.75, 3.05) is 13.2 Å². The molecule has 0 bridgehead atoms. The van der Waals surface area contributed by atoms with E-state index in [9.17, 15) is 19.5 Å². The Morgan fingerprint density at radius 1 is 1.11 bits per heavy atom. The average molecular weight is 513 g/mol. The number of aliphatic hydroxyl groups is 1. The lowest BCUT2D eigenvalue weighted by atomic mass is 9.93. The fourth-order valence-corrected chi connectivity index (χ4v) is 5.28. The van der Waals surface area contributed by atoms with E-state index in [2.05, 4.69) is 10.6 Å². The third kappa shape index (κ3) is 8.99. The summed E-state index contributed by atoms with van der Waals surface area (Å²) in [4.78, 5) is 39.2. The number of hydrogen-bond acceptors (Lipinski definition) is 5. The van der Waals surface area contributed by atoms with E-state index in [1.54, 1.807) is 0 Å². The third-order valence-corrected chi connectivity index (χ3v) is 7.78. The molecule has 0 radical (unpaired) electrons. The zero-order chi connectivity index (χ0) is 26.7. The van der Waals surface area contributed by atoms with E-state index < -0.39 is 11.5 Å². The largest absolute Gasteiger partial charge is 0.463 e. The van der Waals surface area contributed by atoms with E-state index in [1.807, 2.05) is 56.3 Å². The molecule has 1 heterocycles. The molecule has 3 N–H and O–H groups in total. The number of ether oxygens (including phenoxy) is 1. The lowest BCUT2D eigenvalue weighted by Gasteiger charge is -2.29. The van der Waals surface area contributed by atoms with Crippen LogP contribution in [-0.4, -0.2) is 47.7 Å². The van der Waals surface area contributed by atoms with Crippen molar-refractivity contribution in [1.29, 1.82) is 0 Å². The van der Waals surface area contributed by atoms with Crippen LogP contribution in [0.2, 0.25) is 0 Å². The Hall–Kier alpha value is -2.67. The minimum Gasteiger partial charge on any atom is -0.463 e. The number of allylic oxidation sites excluding steroid dienone is 2. The Labute approximate surface area is 221 Å². The molecule has 0 spiro atoms. The van der Waals surface area contributed by atoms with Gasteiger partial charge in [-0.1, -0.05) is 69.2 Å². The second-order valence-electron chi connectivity index (χ2n) is 11.1. The van der Waals surface area contributed by atoms with Crippen LogP contribution in [0.25, 0.3) is 0 Å². The first-order valence-corrected chi connectivity index (χ1v) is 13.9. The number of carbonyl (C=O) groups is 3. The van der Waals surface area contributed by atoms with E-state index in [0.717, 1.165) is 50.5 Å². The molecule has 1 saturated carbocycles. The summed E-state index contributed by atoms with van der Waals surface area (Å²) in [6, 6.07) is 9.63. The minimum absolute atomic E-state index is 0.0541. The zero-order valence-corrected chi connectivity index (χ0v) is 22.4. The summed E-state index contributed by atoms with van der Waals surface area (Å²) in [6.07, 6.45) is 11.0. The van der Waals surface area contributed by atoms with Crippen LogP contribution in [0, 0.1) is 17.8 Å². The first-order valence-electron chi connectivity index (χ1n) is 13.9. The Balaban J connectivity index is 1.69. The van der Waals surface area contributed by atoms with Crippen LogP contribution < -0.4 is 10.6 Å². The zero-order valence-electron chi connectivity index (χ0n) is 22.4. The van der Waals surface area contributed by atoms with E-state index in [4.69, 9.17) is 4.74 Å². The number of nitrogens with one attached hydrogen (secondary N) is 2. The quantitative estimate of drug-likeness (QED) is 0.377. The van der Waals surface area contributed by atoms with Crippen LogP contribution >= 0.6 is 0 Å². The summed E-state index contributed by atoms with van der Waals surface area (Å²) in [5.41, 5.74) is 0.548. The molecule has 37 heavy (non-hydrogen) atoms. The van der Waals surface area contributed by atoms with Crippen molar-refractivity contribution >= 4 is 17.8 Å². The van der Waals surface area contributed by atoms with Gasteiger partial charge in [0.2, 0.25) is 11.8 Å². The first-order chi connectivity index (χ1) is 17.8. The highest BCUT2D eigenvalue weighted by Gasteiger charge is 2.36. The standard InChI is InChI=1S/C30H44N2O5/c1-22(2)26-20-37-29(36)25(18-23-12-6-5-7-13-23)15-9-4-3-8-14-24(28(35)31-26)19-27(34)32-30(21-33)16-10-11-17-30/h3,5-8,12-13,22,24-26,33H,4,9-11,14-21H2,1-2H3,(H,31,35)(H,32,34)/t24-,25-,26-/m1/s1. The predicted octanol–water partition coefficient (Wildman–Crippen LogP) is 4.09. The van der Waals surface area contributed by atoms with Gasteiger partial charge in [0.05, 0.1) is 30.0 Å². The van der Waals surface area contributed by atoms with E-state index in [1.165, 1.54) is 0 Å². The Morgan fingerprint density at radius 2 is 1.84 bits per heavy atom. The molecule has 2 aliphatic rings. The fraction of sp³-hybridized carbons (Fsp3) is 0.633. The molecule has 1 aromatic rings. The van der Waals surface area contributed by atoms with Gasteiger partial charge in [-0.05, 0) is 56.4 Å². The topological polar surface area (TPSA) is 105 Å². The fourth-order valence-electron chi connectivity index (χ4n) is 5.28. The monoisotopic (exact) mass is 512 g/mol. The van der Waals surface area contributed by atoms with Crippen molar-refractivity contribution in [2.24, 2.45) is 17.8 Å². The summed E-state index contributed by atoms with van der Waals surface area (Å²) >= 11 is 0. The molecule has 204 valence electrons. The number of carbonyl (C=O) groups excluding carboxylic acids is 3. The van der Waals surface area contributed by atoms with Crippen molar-refractivity contribution in [2.45, 2.75) is 89.6 Å². The molecule has 3 atom stereocenters. The summed E-state index contributed by atoms with van der Waals surface area (Å²) < 4.78 is 5.75. The highest BCUT2D eigenvalue weighted by atomic mass is 16.5. The van der Waals surface area contributed by atoms with Gasteiger partial charge in [0.15, 0.2) is 0 Å². The molecule has 7 nitrogen and oxygen atoms in total. The number of amides is 2. The van der Waals surface area contributed by atoms with E-state index in [-0.39, 0.29) is 55.3 Å². The molecule has 1 aromatic carbocycles. The summed E-state index contributed by atoms with van der Waals surface area (Å²) in [5, 5.41) is 15.9. The molecule has 0 saturated heterocycles. The minimum atomic E-state index is -0.560. The normalized spacial score (nSPS) is 25.2. The molecule has 0 aromatic heterocycles. The van der Waals surface area contributed by atoms with Crippen LogP contribution in [-0.2, 0) is 25.5 Å². The summed E-state index contributed by atoms with van der Waals surface area (Å²) in [5.74, 6) is -1.35. The second kappa shape index (κ2) is 14.3. The number of hydrogen-bond donors (Lipinski definition) is 3. The molecule has 1 aliphatic carbocycles. The predicted molar refractivity (Wildman–Crippen MR) is 144 cm³/mol. The summed E-state index contributed by atoms with van der Waals surface area (Å²) in [7, 11) is 0. The first kappa shape index (κ1) is 28.9. The van der Waals surface area contributed by atoms with Gasteiger partial charge in [-0.25, -0.2) is 0 Å². The smallest absolute Gasteiger partial charge is 0.309 e. The number of aliphatic hydroxyl groups excluding tert-OH is 1. The van der Waals surface area contributed by atoms with Gasteiger partial charge >= 0.3 is 5.97 Å². The molecule has 1 fully saturated rings. The van der Waals surface area contributed by atoms with Gasteiger partial charge in [-0.3, -0.25) is 14.4 Å². The average Bonchev–Trinajstić information content (AvgIpc) is 3.35. The van der Waals surface area contributed by atoms with E-state index in [0.29, 0.717) is 12.8 Å². The lowest BCUT2D eigenvalue weighted by Crippen LogP contribution is -2.51. The molecule has 2 amide bonds. The van der Waals surface area contributed by atoms with Crippen LogP contribution in [0.5, 0.6) is 0 Å². The van der Waals surface area contributed by atoms with Crippen molar-refractivity contribution in [3.8, 4) is 0 Å². The SMILES string of the molecule is CC(C)[C@H]1COC(=O)[C@@H](Cc2ccccc2)CCCC=CC[C@H](CC(=O)NC2(CO)CCCC2)C(=O)N1. The van der Waals surface area contributed by atoms with Crippen LogP contribution in [0.4, 0.5) is 0 Å². The Morgan fingerprint density at radius 3 is 2.51 bits per heavy atom. The third-order valence-electron chi connectivity index (χ3n) is 7.78. The lowest BCUT2D eigenvalue weighted by molar-refractivity contribution is -0.150. The second-order valence-corrected chi connectivity index (χ2v) is 11.1. The van der Waals surface area contributed by atoms with Crippen LogP contribution in [0.3, 0.4) is 0 Å². The van der Waals surface area contributed by atoms with Gasteiger partial charge in [0.1, 0.15) is 6.61 Å².